The summed E-state index contributed by atoms with van der Waals surface area (Å²) in [6, 6.07) is 1.60. The smallest absolute Gasteiger partial charge is 0.326 e. The predicted molar refractivity (Wildman–Crippen MR) is 104 cm³/mol. The molecule has 13 heteroatoms. The van der Waals surface area contributed by atoms with Gasteiger partial charge in [-0.15, -0.1) is 0 Å². The van der Waals surface area contributed by atoms with E-state index in [0.29, 0.717) is 0 Å². The Morgan fingerprint density at radius 3 is 2.40 bits per heavy atom. The van der Waals surface area contributed by atoms with Gasteiger partial charge in [0.2, 0.25) is 0 Å². The van der Waals surface area contributed by atoms with E-state index in [1.165, 1.54) is 43.3 Å². The largest absolute Gasteiger partial charge is 0.427 e. The number of allylic oxidation sites excluding steroid dienone is 1. The number of hydrogen-bond acceptors (Lipinski definition) is 7. The molecule has 1 unspecified atom stereocenters. The van der Waals surface area contributed by atoms with Crippen LogP contribution in [0.2, 0.25) is 0 Å². The van der Waals surface area contributed by atoms with E-state index in [1.54, 1.807) is 6.07 Å². The van der Waals surface area contributed by atoms with Crippen LogP contribution in [0.15, 0.2) is 35.9 Å². The maximum Gasteiger partial charge on any atom is 0.427 e. The van der Waals surface area contributed by atoms with Gasteiger partial charge in [-0.2, -0.15) is 13.2 Å². The highest BCUT2D eigenvalue weighted by atomic mass is 35.5. The Balaban J connectivity index is 2.19. The van der Waals surface area contributed by atoms with Crippen LogP contribution in [0.25, 0.3) is 29.2 Å². The van der Waals surface area contributed by atoms with Crippen LogP contribution in [0.4, 0.5) is 13.2 Å². The van der Waals surface area contributed by atoms with E-state index in [-0.39, 0.29) is 34.4 Å². The molecule has 3 rings (SSSR count). The van der Waals surface area contributed by atoms with Gasteiger partial charge in [-0.1, -0.05) is 11.6 Å². The number of thiol groups is 1. The van der Waals surface area contributed by atoms with Gasteiger partial charge >= 0.3 is 6.18 Å². The molecule has 30 heavy (non-hydrogen) atoms. The summed E-state index contributed by atoms with van der Waals surface area (Å²) in [5, 5.41) is -2.29. The van der Waals surface area contributed by atoms with Gasteiger partial charge in [0.15, 0.2) is 17.5 Å². The average Bonchev–Trinajstić information content (AvgIpc) is 3.07. The Kier molecular flexibility index (Phi) is 6.17. The van der Waals surface area contributed by atoms with Crippen LogP contribution in [0.1, 0.15) is 23.4 Å². The van der Waals surface area contributed by atoms with Crippen LogP contribution in [-0.2, 0) is 17.8 Å². The molecule has 0 radical (unpaired) electrons. The van der Waals surface area contributed by atoms with Crippen molar-refractivity contribution in [3.63, 3.8) is 0 Å². The van der Waals surface area contributed by atoms with Crippen molar-refractivity contribution in [3.05, 3.63) is 47.1 Å². The molecule has 3 heterocycles. The van der Waals surface area contributed by atoms with E-state index in [2.05, 4.69) is 24.9 Å². The molecule has 0 bridgehead atoms. The highest BCUT2D eigenvalue weighted by Crippen LogP contribution is 2.32. The zero-order valence-electron chi connectivity index (χ0n) is 15.5. The third kappa shape index (κ3) is 4.49. The van der Waals surface area contributed by atoms with Crippen LogP contribution in [0, 0.1) is 0 Å². The highest BCUT2D eigenvalue weighted by Gasteiger charge is 2.32. The van der Waals surface area contributed by atoms with E-state index < -0.39 is 27.2 Å². The minimum absolute atomic E-state index is 0.0496. The summed E-state index contributed by atoms with van der Waals surface area (Å²) in [6.45, 7) is 1.44. The number of alkyl halides is 3. The molecule has 0 saturated carbocycles. The second-order valence-corrected chi connectivity index (χ2v) is 7.84. The maximum absolute atomic E-state index is 12.8. The molecule has 0 fully saturated rings. The number of halogens is 4. The molecule has 0 aliphatic heterocycles. The molecule has 0 aliphatic rings. The monoisotopic (exact) mass is 458 g/mol. The van der Waals surface area contributed by atoms with Crippen molar-refractivity contribution in [3.8, 4) is 23.2 Å². The lowest BCUT2D eigenvalue weighted by molar-refractivity contribution is -0.0837. The van der Waals surface area contributed by atoms with Crippen molar-refractivity contribution in [2.75, 3.05) is 0 Å². The van der Waals surface area contributed by atoms with Crippen molar-refractivity contribution < 1.29 is 21.6 Å². The van der Waals surface area contributed by atoms with Crippen LogP contribution in [0.5, 0.6) is 0 Å². The Morgan fingerprint density at radius 2 is 1.80 bits per heavy atom. The van der Waals surface area contributed by atoms with Gasteiger partial charge in [-0.05, 0) is 19.1 Å². The molecule has 8 nitrogen and oxygen atoms in total. The summed E-state index contributed by atoms with van der Waals surface area (Å²) in [4.78, 5) is 20.7. The highest BCUT2D eigenvalue weighted by molar-refractivity contribution is 7.72. The summed E-state index contributed by atoms with van der Waals surface area (Å²) < 4.78 is 62.7. The fourth-order valence-electron chi connectivity index (χ4n) is 2.50. The predicted octanol–water partition coefficient (Wildman–Crippen LogP) is 3.15. The van der Waals surface area contributed by atoms with Gasteiger partial charge in [0.05, 0.1) is 17.1 Å². The molecule has 0 saturated heterocycles. The second-order valence-electron chi connectivity index (χ2n) is 6.09. The van der Waals surface area contributed by atoms with Crippen molar-refractivity contribution in [2.45, 2.75) is 18.3 Å². The first-order valence-corrected chi connectivity index (χ1v) is 9.96. The minimum atomic E-state index is -4.71. The Bertz CT molecular complexity index is 1170. The van der Waals surface area contributed by atoms with E-state index in [4.69, 9.17) is 11.6 Å². The van der Waals surface area contributed by atoms with E-state index >= 15 is 0 Å². The van der Waals surface area contributed by atoms with Gasteiger partial charge in [0, 0.05) is 31.2 Å². The quantitative estimate of drug-likeness (QED) is 0.586. The lowest BCUT2D eigenvalue weighted by Crippen LogP contribution is -2.08. The molecule has 0 amide bonds. The first-order chi connectivity index (χ1) is 14.1. The molecule has 0 aliphatic carbocycles. The number of aromatic nitrogens is 6. The minimum Gasteiger partial charge on any atom is -0.326 e. The van der Waals surface area contributed by atoms with E-state index in [9.17, 15) is 21.6 Å². The molecule has 0 spiro atoms. The molecule has 3 aromatic heterocycles. The fraction of sp³-hybridized carbons (Fsp3) is 0.235. The number of hydrogen-bond donors (Lipinski definition) is 1. The number of imidazole rings is 1. The molecule has 0 N–H and O–H groups in total. The third-order valence-corrected chi connectivity index (χ3v) is 5.36. The zero-order valence-corrected chi connectivity index (χ0v) is 17.2. The lowest BCUT2D eigenvalue weighted by atomic mass is 10.1. The van der Waals surface area contributed by atoms with Crippen LogP contribution < -0.4 is 0 Å². The van der Waals surface area contributed by atoms with Gasteiger partial charge < -0.3 is 4.57 Å². The SMILES string of the molecule is CC(c1cnc(-c2ncccn2)nc1-c1ncc(/C=C(\Cl)C(F)(F)F)n1C)[SH](=O)=O. The Hall–Kier alpha value is -2.86. The van der Waals surface area contributed by atoms with E-state index in [0.717, 1.165) is 6.08 Å². The summed E-state index contributed by atoms with van der Waals surface area (Å²) in [6.07, 6.45) is 1.47. The summed E-state index contributed by atoms with van der Waals surface area (Å²) in [5.41, 5.74) is 0.412. The normalized spacial score (nSPS) is 13.6. The molecule has 158 valence electrons. The molecule has 3 aromatic rings. The first kappa shape index (κ1) is 21.8. The molecule has 1 atom stereocenters. The van der Waals surface area contributed by atoms with Gasteiger partial charge in [-0.3, -0.25) is 0 Å². The average molecular weight is 459 g/mol. The van der Waals surface area contributed by atoms with Crippen molar-refractivity contribution in [1.82, 2.24) is 29.5 Å². The fourth-order valence-corrected chi connectivity index (χ4v) is 3.03. The number of rotatable bonds is 5. The van der Waals surface area contributed by atoms with Crippen LogP contribution in [-0.4, -0.2) is 44.1 Å². The van der Waals surface area contributed by atoms with E-state index in [1.807, 2.05) is 0 Å². The Labute approximate surface area is 175 Å². The molecular weight excluding hydrogens is 445 g/mol. The van der Waals surface area contributed by atoms with Gasteiger partial charge in [0.25, 0.3) is 0 Å². The zero-order chi connectivity index (χ0) is 22.1. The van der Waals surface area contributed by atoms with Crippen molar-refractivity contribution in [2.24, 2.45) is 7.05 Å². The lowest BCUT2D eigenvalue weighted by Gasteiger charge is -2.12. The maximum atomic E-state index is 12.8. The first-order valence-electron chi connectivity index (χ1n) is 8.34. The topological polar surface area (TPSA) is 104 Å². The van der Waals surface area contributed by atoms with Gasteiger partial charge in [0.1, 0.15) is 21.4 Å². The summed E-state index contributed by atoms with van der Waals surface area (Å²) >= 11 is 5.32. The van der Waals surface area contributed by atoms with Gasteiger partial charge in [-0.25, -0.2) is 33.3 Å². The Morgan fingerprint density at radius 1 is 1.13 bits per heavy atom. The van der Waals surface area contributed by atoms with Crippen LogP contribution in [0.3, 0.4) is 0 Å². The number of nitrogens with zero attached hydrogens (tertiary/aromatic N) is 6. The third-order valence-electron chi connectivity index (χ3n) is 4.13. The second kappa shape index (κ2) is 8.48. The molecule has 0 aromatic carbocycles. The van der Waals surface area contributed by atoms with Crippen molar-refractivity contribution >= 4 is 28.4 Å². The standard InChI is InChI=1S/C17H14ClF3N6O2S/c1-9(30(28)29)11-8-24-15(14-22-4-3-5-23-14)26-13(11)16-25-7-10(27(16)2)6-12(18)17(19,20)21/h3-9,30H,1-2H3/b12-6-. The van der Waals surface area contributed by atoms with Crippen molar-refractivity contribution in [1.29, 1.82) is 0 Å². The van der Waals surface area contributed by atoms with Crippen LogP contribution >= 0.6 is 11.6 Å². The summed E-state index contributed by atoms with van der Waals surface area (Å²) in [5.74, 6) is 0.432. The summed E-state index contributed by atoms with van der Waals surface area (Å²) in [7, 11) is -1.41. The molecular formula is C17H14ClF3N6O2S.